The molecule has 0 fully saturated rings. The van der Waals surface area contributed by atoms with Gasteiger partial charge in [-0.15, -0.1) is 0 Å². The number of thioether (sulfide) groups is 1. The van der Waals surface area contributed by atoms with Gasteiger partial charge in [0.2, 0.25) is 0 Å². The average Bonchev–Trinajstić information content (AvgIpc) is 2.82. The van der Waals surface area contributed by atoms with E-state index in [0.29, 0.717) is 18.0 Å². The van der Waals surface area contributed by atoms with E-state index in [1.54, 1.807) is 11.8 Å². The van der Waals surface area contributed by atoms with E-state index in [9.17, 15) is 5.11 Å². The Morgan fingerprint density at radius 3 is 2.74 bits per heavy atom. The summed E-state index contributed by atoms with van der Waals surface area (Å²) in [7, 11) is 0. The van der Waals surface area contributed by atoms with Gasteiger partial charge in [0.05, 0.1) is 18.4 Å². The summed E-state index contributed by atoms with van der Waals surface area (Å²) in [5.41, 5.74) is 5.18. The fourth-order valence-corrected chi connectivity index (χ4v) is 3.67. The number of aryl methyl sites for hydroxylation is 1. The number of aliphatic hydroxyl groups excluding tert-OH is 1. The summed E-state index contributed by atoms with van der Waals surface area (Å²) in [6.45, 7) is 6.71. The van der Waals surface area contributed by atoms with Crippen molar-refractivity contribution in [3.8, 4) is 0 Å². The van der Waals surface area contributed by atoms with Gasteiger partial charge in [-0.2, -0.15) is 5.10 Å². The molecule has 1 aromatic rings. The van der Waals surface area contributed by atoms with Crippen LogP contribution in [0.2, 0.25) is 0 Å². The third-order valence-corrected chi connectivity index (χ3v) is 5.67. The molecule has 2 rings (SSSR count). The van der Waals surface area contributed by atoms with Crippen molar-refractivity contribution in [2.45, 2.75) is 57.5 Å². The third-order valence-electron chi connectivity index (χ3n) is 4.62. The molecule has 4 nitrogen and oxygen atoms in total. The first kappa shape index (κ1) is 21.5. The average molecular weight is 386 g/mol. The molecule has 0 amide bonds. The minimum absolute atomic E-state index is 0.249. The molecule has 0 heterocycles. The molecule has 146 valence electrons. The van der Waals surface area contributed by atoms with Crippen LogP contribution in [0.5, 0.6) is 0 Å². The quantitative estimate of drug-likeness (QED) is 0.519. The topological polar surface area (TPSA) is 68.5 Å². The van der Waals surface area contributed by atoms with Gasteiger partial charge in [0, 0.05) is 4.90 Å². The highest BCUT2D eigenvalue weighted by Gasteiger charge is 2.14. The number of hydrogen-bond donors (Lipinski definition) is 3. The fraction of sp³-hybridized carbons (Fsp3) is 0.455. The summed E-state index contributed by atoms with van der Waals surface area (Å²) in [5, 5.41) is 22.8. The van der Waals surface area contributed by atoms with Crippen LogP contribution in [-0.4, -0.2) is 29.2 Å². The smallest absolute Gasteiger partial charge is 0.108 e. The highest BCUT2D eigenvalue weighted by molar-refractivity contribution is 8.03. The lowest BCUT2D eigenvalue weighted by Crippen LogP contribution is -2.30. The Balaban J connectivity index is 1.91. The molecule has 1 aliphatic rings. The minimum atomic E-state index is -0.423. The van der Waals surface area contributed by atoms with Crippen LogP contribution in [0.25, 0.3) is 0 Å². The summed E-state index contributed by atoms with van der Waals surface area (Å²) in [6, 6.07) is 8.42. The van der Waals surface area contributed by atoms with E-state index >= 15 is 0 Å². The Labute approximate surface area is 167 Å². The number of hydrogen-bond acceptors (Lipinski definition) is 5. The highest BCUT2D eigenvalue weighted by atomic mass is 32.2. The molecule has 0 saturated carbocycles. The monoisotopic (exact) mass is 385 g/mol. The molecule has 1 aliphatic carbocycles. The first-order chi connectivity index (χ1) is 13.0. The van der Waals surface area contributed by atoms with Gasteiger partial charge in [-0.05, 0) is 54.9 Å². The molecule has 3 N–H and O–H groups in total. The Kier molecular flexibility index (Phi) is 8.82. The van der Waals surface area contributed by atoms with Crippen LogP contribution < -0.4 is 5.43 Å². The summed E-state index contributed by atoms with van der Waals surface area (Å²) in [4.78, 5) is 2.30. The molecule has 5 heteroatoms. The summed E-state index contributed by atoms with van der Waals surface area (Å²) < 4.78 is 0. The minimum Gasteiger partial charge on any atom is -0.391 e. The molecular weight excluding hydrogens is 354 g/mol. The van der Waals surface area contributed by atoms with Crippen LogP contribution in [0.4, 0.5) is 0 Å². The maximum Gasteiger partial charge on any atom is 0.108 e. The number of nitrogens with zero attached hydrogens (tertiary/aromatic N) is 1. The lowest BCUT2D eigenvalue weighted by molar-refractivity contribution is 0.110. The molecule has 0 aliphatic heterocycles. The fourth-order valence-electron chi connectivity index (χ4n) is 2.74. The van der Waals surface area contributed by atoms with E-state index in [1.807, 2.05) is 18.2 Å². The van der Waals surface area contributed by atoms with E-state index in [0.717, 1.165) is 30.6 Å². The van der Waals surface area contributed by atoms with Gasteiger partial charge in [-0.25, -0.2) is 0 Å². The SMILES string of the molecule is CCCCC(C)C(O)CN/N=C1/C=CCC(Sc2ccc(C)cc2)=CC1=N. The molecule has 2 atom stereocenters. The van der Waals surface area contributed by atoms with Crippen molar-refractivity contribution >= 4 is 23.2 Å². The van der Waals surface area contributed by atoms with Gasteiger partial charge < -0.3 is 10.5 Å². The maximum absolute atomic E-state index is 10.2. The summed E-state index contributed by atoms with van der Waals surface area (Å²) >= 11 is 1.69. The number of allylic oxidation sites excluding steroid dienone is 4. The molecule has 0 saturated heterocycles. The van der Waals surface area contributed by atoms with Crippen LogP contribution >= 0.6 is 11.8 Å². The number of rotatable bonds is 9. The van der Waals surface area contributed by atoms with Crippen molar-refractivity contribution in [3.05, 3.63) is 53.0 Å². The van der Waals surface area contributed by atoms with Crippen molar-refractivity contribution in [1.82, 2.24) is 5.43 Å². The second kappa shape index (κ2) is 11.1. The lowest BCUT2D eigenvalue weighted by atomic mass is 9.98. The van der Waals surface area contributed by atoms with Gasteiger partial charge in [-0.1, -0.05) is 62.2 Å². The van der Waals surface area contributed by atoms with E-state index in [2.05, 4.69) is 55.6 Å². The molecule has 0 spiro atoms. The summed E-state index contributed by atoms with van der Waals surface area (Å²) in [6.07, 6.45) is 9.45. The first-order valence-electron chi connectivity index (χ1n) is 9.68. The number of nitrogens with one attached hydrogen (secondary N) is 2. The van der Waals surface area contributed by atoms with Gasteiger partial charge in [0.1, 0.15) is 5.71 Å². The predicted octanol–water partition coefficient (Wildman–Crippen LogP) is 5.08. The van der Waals surface area contributed by atoms with Crippen molar-refractivity contribution in [1.29, 1.82) is 5.41 Å². The highest BCUT2D eigenvalue weighted by Crippen LogP contribution is 2.30. The Hall–Kier alpha value is -1.85. The number of aliphatic hydroxyl groups is 1. The molecule has 1 aromatic carbocycles. The zero-order valence-electron chi connectivity index (χ0n) is 16.5. The van der Waals surface area contributed by atoms with Crippen molar-refractivity contribution in [3.63, 3.8) is 0 Å². The zero-order chi connectivity index (χ0) is 19.6. The van der Waals surface area contributed by atoms with E-state index < -0.39 is 6.10 Å². The second-order valence-corrected chi connectivity index (χ2v) is 8.29. The van der Waals surface area contributed by atoms with Gasteiger partial charge in [0.15, 0.2) is 0 Å². The van der Waals surface area contributed by atoms with E-state index in [1.165, 1.54) is 10.5 Å². The number of benzene rings is 1. The van der Waals surface area contributed by atoms with Gasteiger partial charge in [-0.3, -0.25) is 5.41 Å². The molecule has 27 heavy (non-hydrogen) atoms. The van der Waals surface area contributed by atoms with E-state index in [-0.39, 0.29) is 5.92 Å². The lowest BCUT2D eigenvalue weighted by Gasteiger charge is -2.18. The molecule has 2 unspecified atom stereocenters. The first-order valence-corrected chi connectivity index (χ1v) is 10.5. The largest absolute Gasteiger partial charge is 0.391 e. The summed E-state index contributed by atoms with van der Waals surface area (Å²) in [5.74, 6) is 0.249. The van der Waals surface area contributed by atoms with Crippen molar-refractivity contribution in [2.24, 2.45) is 11.0 Å². The maximum atomic E-state index is 10.2. The number of unbranched alkanes of at least 4 members (excludes halogenated alkanes) is 1. The van der Waals surface area contributed by atoms with E-state index in [4.69, 9.17) is 5.41 Å². The Bertz CT molecular complexity index is 707. The zero-order valence-corrected chi connectivity index (χ0v) is 17.4. The third kappa shape index (κ3) is 7.35. The standard InChI is InChI=1S/C22H31N3OS/c1-4-5-7-17(3)22(26)15-24-25-21-9-6-8-19(14-20(21)23)27-18-12-10-16(2)11-13-18/h6,9-14,17,22-24,26H,4-5,7-8,15H2,1-3H3/b23-20?,25-21-. The normalized spacial score (nSPS) is 18.1. The van der Waals surface area contributed by atoms with Crippen LogP contribution in [0.3, 0.4) is 0 Å². The van der Waals surface area contributed by atoms with Crippen molar-refractivity contribution < 1.29 is 5.11 Å². The molecular formula is C22H31N3OS. The van der Waals surface area contributed by atoms with Gasteiger partial charge >= 0.3 is 0 Å². The van der Waals surface area contributed by atoms with Crippen LogP contribution in [0.1, 0.15) is 45.1 Å². The Morgan fingerprint density at radius 1 is 1.30 bits per heavy atom. The van der Waals surface area contributed by atoms with Crippen LogP contribution in [0, 0.1) is 18.3 Å². The second-order valence-electron chi connectivity index (χ2n) is 7.09. The van der Waals surface area contributed by atoms with Crippen LogP contribution in [-0.2, 0) is 0 Å². The molecule has 0 bridgehead atoms. The van der Waals surface area contributed by atoms with Gasteiger partial charge in [0.25, 0.3) is 0 Å². The molecule has 0 radical (unpaired) electrons. The van der Waals surface area contributed by atoms with Crippen molar-refractivity contribution in [2.75, 3.05) is 6.54 Å². The number of hydrazone groups is 1. The Morgan fingerprint density at radius 2 is 2.04 bits per heavy atom. The molecule has 0 aromatic heterocycles. The van der Waals surface area contributed by atoms with Crippen LogP contribution in [0.15, 0.2) is 57.4 Å². The predicted molar refractivity (Wildman–Crippen MR) is 117 cm³/mol.